The van der Waals surface area contributed by atoms with E-state index in [0.29, 0.717) is 85.6 Å². The highest BCUT2D eigenvalue weighted by molar-refractivity contribution is 6.30. The van der Waals surface area contributed by atoms with Crippen molar-refractivity contribution in [1.82, 2.24) is 19.7 Å². The Morgan fingerprint density at radius 1 is 1.00 bits per heavy atom. The third-order valence-electron chi connectivity index (χ3n) is 7.60. The van der Waals surface area contributed by atoms with Gasteiger partial charge in [-0.25, -0.2) is 0 Å². The Labute approximate surface area is 230 Å². The van der Waals surface area contributed by atoms with Gasteiger partial charge in [-0.2, -0.15) is 0 Å². The van der Waals surface area contributed by atoms with Gasteiger partial charge in [0.05, 0.1) is 24.3 Å². The van der Waals surface area contributed by atoms with Crippen LogP contribution in [0.3, 0.4) is 0 Å². The number of fused-ring (bicyclic) bond motifs is 2. The molecule has 6 rings (SSSR count). The summed E-state index contributed by atoms with van der Waals surface area (Å²) in [6.45, 7) is 8.15. The zero-order valence-electron chi connectivity index (χ0n) is 21.7. The SMILES string of the molecule is CC(=O)N1CCN(c2cc3c4c(c2)c(=O)c(C(=O)NCCN2CCOCC2)cn4-c2cc(Cl)ccc2O3)CC1. The normalized spacial score (nSPS) is 17.1. The average molecular weight is 552 g/mol. The van der Waals surface area contributed by atoms with Gasteiger partial charge in [0.2, 0.25) is 11.3 Å². The molecule has 2 fully saturated rings. The molecule has 2 aromatic carbocycles. The number of hydrogen-bond donors (Lipinski definition) is 1. The first kappa shape index (κ1) is 25.7. The third kappa shape index (κ3) is 4.95. The first-order chi connectivity index (χ1) is 18.9. The number of morpholine rings is 1. The third-order valence-corrected chi connectivity index (χ3v) is 7.84. The minimum Gasteiger partial charge on any atom is -0.453 e. The highest BCUT2D eigenvalue weighted by Crippen LogP contribution is 2.42. The fourth-order valence-electron chi connectivity index (χ4n) is 5.43. The van der Waals surface area contributed by atoms with Crippen molar-refractivity contribution in [2.75, 3.05) is 70.5 Å². The number of carbonyl (C=O) groups excluding carboxylic acids is 2. The number of amides is 2. The Kier molecular flexibility index (Phi) is 6.92. The number of hydrogen-bond acceptors (Lipinski definition) is 7. The van der Waals surface area contributed by atoms with Crippen molar-refractivity contribution in [2.45, 2.75) is 6.92 Å². The van der Waals surface area contributed by atoms with Crippen molar-refractivity contribution in [3.05, 3.63) is 57.3 Å². The number of aromatic nitrogens is 1. The quantitative estimate of drug-likeness (QED) is 0.407. The molecule has 2 amide bonds. The molecular weight excluding hydrogens is 522 g/mol. The van der Waals surface area contributed by atoms with Crippen molar-refractivity contribution >= 4 is 40.0 Å². The molecule has 0 aliphatic carbocycles. The van der Waals surface area contributed by atoms with Crippen LogP contribution in [0.15, 0.2) is 41.3 Å². The summed E-state index contributed by atoms with van der Waals surface area (Å²) in [6, 6.07) is 9.03. The van der Waals surface area contributed by atoms with Crippen LogP contribution in [0.1, 0.15) is 17.3 Å². The Hall–Kier alpha value is -3.60. The molecule has 0 bridgehead atoms. The van der Waals surface area contributed by atoms with Gasteiger partial charge in [0.25, 0.3) is 5.91 Å². The molecule has 4 heterocycles. The molecule has 3 aliphatic heterocycles. The number of carbonyl (C=O) groups is 2. The van der Waals surface area contributed by atoms with Crippen LogP contribution in [0.5, 0.6) is 11.5 Å². The second-order valence-corrected chi connectivity index (χ2v) is 10.4. The molecular formula is C28H30ClN5O5. The minimum absolute atomic E-state index is 0.0500. The van der Waals surface area contributed by atoms with Crippen LogP contribution in [0.2, 0.25) is 5.02 Å². The van der Waals surface area contributed by atoms with Crippen molar-refractivity contribution < 1.29 is 19.1 Å². The van der Waals surface area contributed by atoms with Crippen LogP contribution in [0.25, 0.3) is 16.6 Å². The largest absolute Gasteiger partial charge is 0.453 e. The molecule has 1 N–H and O–H groups in total. The Morgan fingerprint density at radius 3 is 2.51 bits per heavy atom. The highest BCUT2D eigenvalue weighted by atomic mass is 35.5. The molecule has 0 radical (unpaired) electrons. The van der Waals surface area contributed by atoms with E-state index in [9.17, 15) is 14.4 Å². The standard InChI is InChI=1S/C28H30ClN5O5/c1-18(35)32-6-8-33(9-7-32)20-15-21-26-25(16-20)39-24-3-2-19(29)14-23(24)34(26)17-22(27(21)36)28(37)30-4-5-31-10-12-38-13-11-31/h2-3,14-17H,4-13H2,1H3,(H,30,37). The number of anilines is 1. The summed E-state index contributed by atoms with van der Waals surface area (Å²) in [4.78, 5) is 45.1. The van der Waals surface area contributed by atoms with Gasteiger partial charge >= 0.3 is 0 Å². The Balaban J connectivity index is 1.38. The van der Waals surface area contributed by atoms with Gasteiger partial charge in [-0.3, -0.25) is 19.3 Å². The second kappa shape index (κ2) is 10.5. The van der Waals surface area contributed by atoms with Gasteiger partial charge in [-0.1, -0.05) is 11.6 Å². The first-order valence-corrected chi connectivity index (χ1v) is 13.6. The van der Waals surface area contributed by atoms with Crippen molar-refractivity contribution in [3.8, 4) is 17.2 Å². The number of nitrogens with zero attached hydrogens (tertiary/aromatic N) is 4. The molecule has 11 heteroatoms. The second-order valence-electron chi connectivity index (χ2n) is 10.00. The van der Waals surface area contributed by atoms with Crippen LogP contribution < -0.4 is 20.4 Å². The van der Waals surface area contributed by atoms with Crippen molar-refractivity contribution in [2.24, 2.45) is 0 Å². The summed E-state index contributed by atoms with van der Waals surface area (Å²) in [7, 11) is 0. The summed E-state index contributed by atoms with van der Waals surface area (Å²) in [5.74, 6) is 0.738. The molecule has 2 saturated heterocycles. The molecule has 3 aliphatic rings. The lowest BCUT2D eigenvalue weighted by molar-refractivity contribution is -0.129. The van der Waals surface area contributed by atoms with Gasteiger partial charge in [-0.05, 0) is 24.3 Å². The van der Waals surface area contributed by atoms with Crippen molar-refractivity contribution in [3.63, 3.8) is 0 Å². The van der Waals surface area contributed by atoms with Crippen LogP contribution in [0.4, 0.5) is 5.69 Å². The molecule has 0 atom stereocenters. The maximum Gasteiger partial charge on any atom is 0.256 e. The van der Waals surface area contributed by atoms with Crippen LogP contribution >= 0.6 is 11.6 Å². The summed E-state index contributed by atoms with van der Waals surface area (Å²) < 4.78 is 13.5. The number of halogens is 1. The molecule has 1 aromatic heterocycles. The Morgan fingerprint density at radius 2 is 1.77 bits per heavy atom. The molecule has 39 heavy (non-hydrogen) atoms. The van der Waals surface area contributed by atoms with Crippen LogP contribution in [-0.4, -0.2) is 91.8 Å². The van der Waals surface area contributed by atoms with E-state index >= 15 is 0 Å². The number of piperazine rings is 1. The fourth-order valence-corrected chi connectivity index (χ4v) is 5.60. The lowest BCUT2D eigenvalue weighted by Crippen LogP contribution is -2.48. The first-order valence-electron chi connectivity index (χ1n) is 13.2. The monoisotopic (exact) mass is 551 g/mol. The number of rotatable bonds is 5. The van der Waals surface area contributed by atoms with Gasteiger partial charge in [-0.15, -0.1) is 0 Å². The fraction of sp³-hybridized carbons (Fsp3) is 0.393. The predicted octanol–water partition coefficient (Wildman–Crippen LogP) is 2.48. The maximum atomic E-state index is 13.8. The number of pyridine rings is 1. The number of nitrogens with one attached hydrogen (secondary N) is 1. The molecule has 0 spiro atoms. The molecule has 204 valence electrons. The highest BCUT2D eigenvalue weighted by Gasteiger charge is 2.27. The summed E-state index contributed by atoms with van der Waals surface area (Å²) in [5.41, 5.74) is 1.76. The Bertz CT molecular complexity index is 1510. The summed E-state index contributed by atoms with van der Waals surface area (Å²) in [5, 5.41) is 3.83. The van der Waals surface area contributed by atoms with Crippen LogP contribution in [0, 0.1) is 0 Å². The van der Waals surface area contributed by atoms with Gasteiger partial charge in [0.15, 0.2) is 11.5 Å². The smallest absolute Gasteiger partial charge is 0.256 e. The van der Waals surface area contributed by atoms with E-state index in [1.165, 1.54) is 0 Å². The topological polar surface area (TPSA) is 96.4 Å². The summed E-state index contributed by atoms with van der Waals surface area (Å²) >= 11 is 6.32. The van der Waals surface area contributed by atoms with E-state index < -0.39 is 5.91 Å². The van der Waals surface area contributed by atoms with E-state index in [1.807, 2.05) is 21.6 Å². The van der Waals surface area contributed by atoms with Gasteiger partial charge in [0.1, 0.15) is 11.1 Å². The molecule has 0 saturated carbocycles. The molecule has 0 unspecified atom stereocenters. The number of benzene rings is 2. The zero-order valence-corrected chi connectivity index (χ0v) is 22.5. The molecule has 3 aromatic rings. The van der Waals surface area contributed by atoms with E-state index in [1.54, 1.807) is 31.3 Å². The zero-order chi connectivity index (χ0) is 27.1. The summed E-state index contributed by atoms with van der Waals surface area (Å²) in [6.07, 6.45) is 1.58. The number of ether oxygens (including phenoxy) is 2. The van der Waals surface area contributed by atoms with Gasteiger partial charge in [0, 0.05) is 82.3 Å². The lowest BCUT2D eigenvalue weighted by atomic mass is 10.1. The molecule has 10 nitrogen and oxygen atoms in total. The predicted molar refractivity (Wildman–Crippen MR) is 149 cm³/mol. The van der Waals surface area contributed by atoms with Crippen LogP contribution in [-0.2, 0) is 9.53 Å². The lowest BCUT2D eigenvalue weighted by Gasteiger charge is -2.36. The van der Waals surface area contributed by atoms with E-state index in [4.69, 9.17) is 21.1 Å². The van der Waals surface area contributed by atoms with Crippen molar-refractivity contribution in [1.29, 1.82) is 0 Å². The van der Waals surface area contributed by atoms with E-state index in [0.717, 1.165) is 18.8 Å². The maximum absolute atomic E-state index is 13.8. The van der Waals surface area contributed by atoms with E-state index in [2.05, 4.69) is 15.1 Å². The minimum atomic E-state index is -0.420. The van der Waals surface area contributed by atoms with Gasteiger partial charge < -0.3 is 29.2 Å². The average Bonchev–Trinajstić information content (AvgIpc) is 2.95. The van der Waals surface area contributed by atoms with E-state index in [-0.39, 0.29) is 16.9 Å².